The zero-order chi connectivity index (χ0) is 14.8. The van der Waals surface area contributed by atoms with Crippen LogP contribution in [0.3, 0.4) is 0 Å². The topological polar surface area (TPSA) is 38.3 Å². The van der Waals surface area contributed by atoms with Gasteiger partial charge in [-0.3, -0.25) is 4.79 Å². The largest absolute Gasteiger partial charge is 0.489 e. The molecule has 5 heteroatoms. The molecule has 0 spiro atoms. The number of rotatable bonds is 3. The molecule has 0 fully saturated rings. The van der Waals surface area contributed by atoms with Gasteiger partial charge in [-0.2, -0.15) is 0 Å². The summed E-state index contributed by atoms with van der Waals surface area (Å²) in [6, 6.07) is 10.4. The van der Waals surface area contributed by atoms with Crippen LogP contribution in [0, 0.1) is 5.82 Å². The van der Waals surface area contributed by atoms with E-state index in [1.807, 2.05) is 18.2 Å². The third kappa shape index (κ3) is 3.24. The monoisotopic (exact) mass is 349 g/mol. The number of anilines is 1. The van der Waals surface area contributed by atoms with Crippen LogP contribution in [0.2, 0.25) is 0 Å². The summed E-state index contributed by atoms with van der Waals surface area (Å²) in [5.41, 5.74) is 2.79. The van der Waals surface area contributed by atoms with E-state index in [2.05, 4.69) is 21.2 Å². The van der Waals surface area contributed by atoms with E-state index in [-0.39, 0.29) is 11.7 Å². The Labute approximate surface area is 130 Å². The Morgan fingerprint density at radius 3 is 2.86 bits per heavy atom. The first-order chi connectivity index (χ1) is 10.1. The number of amides is 1. The minimum Gasteiger partial charge on any atom is -0.489 e. The number of aryl methyl sites for hydroxylation is 1. The van der Waals surface area contributed by atoms with E-state index in [9.17, 15) is 9.18 Å². The molecule has 2 aromatic rings. The molecule has 0 aliphatic carbocycles. The summed E-state index contributed by atoms with van der Waals surface area (Å²) in [6.07, 6.45) is 1.28. The third-order valence-corrected chi connectivity index (χ3v) is 3.97. The van der Waals surface area contributed by atoms with Crippen LogP contribution in [0.15, 0.2) is 40.9 Å². The summed E-state index contributed by atoms with van der Waals surface area (Å²) in [6.45, 7) is 0.339. The summed E-state index contributed by atoms with van der Waals surface area (Å²) in [5.74, 6) is 0.411. The second-order valence-electron chi connectivity index (χ2n) is 4.90. The van der Waals surface area contributed by atoms with Gasteiger partial charge in [-0.15, -0.1) is 0 Å². The molecule has 0 unspecified atom stereocenters. The molecule has 1 N–H and O–H groups in total. The fraction of sp³-hybridized carbons (Fsp3) is 0.188. The average molecular weight is 350 g/mol. The molecule has 1 aliphatic rings. The van der Waals surface area contributed by atoms with Gasteiger partial charge >= 0.3 is 0 Å². The van der Waals surface area contributed by atoms with Crippen molar-refractivity contribution >= 4 is 27.5 Å². The molecule has 0 atom stereocenters. The number of hydrogen-bond acceptors (Lipinski definition) is 2. The molecule has 0 radical (unpaired) electrons. The van der Waals surface area contributed by atoms with E-state index >= 15 is 0 Å². The first-order valence-corrected chi connectivity index (χ1v) is 7.40. The number of ether oxygens (including phenoxy) is 1. The lowest BCUT2D eigenvalue weighted by molar-refractivity contribution is -0.116. The highest BCUT2D eigenvalue weighted by atomic mass is 79.9. The number of nitrogens with one attached hydrogen (secondary N) is 1. The maximum atomic E-state index is 13.2. The molecule has 2 aromatic carbocycles. The van der Waals surface area contributed by atoms with E-state index in [4.69, 9.17) is 4.74 Å². The van der Waals surface area contributed by atoms with Crippen LogP contribution < -0.4 is 10.1 Å². The maximum Gasteiger partial charge on any atom is 0.224 e. The molecule has 1 heterocycles. The van der Waals surface area contributed by atoms with Gasteiger partial charge in [-0.05, 0) is 51.7 Å². The molecule has 3 rings (SSSR count). The molecule has 1 aliphatic heterocycles. The third-order valence-electron chi connectivity index (χ3n) is 3.37. The summed E-state index contributed by atoms with van der Waals surface area (Å²) in [4.78, 5) is 11.4. The van der Waals surface area contributed by atoms with E-state index in [0.29, 0.717) is 23.2 Å². The maximum absolute atomic E-state index is 13.2. The van der Waals surface area contributed by atoms with Crippen LogP contribution in [0.25, 0.3) is 0 Å². The Kier molecular flexibility index (Phi) is 3.92. The number of benzene rings is 2. The molecule has 21 heavy (non-hydrogen) atoms. The van der Waals surface area contributed by atoms with E-state index in [1.165, 1.54) is 6.07 Å². The first-order valence-electron chi connectivity index (χ1n) is 6.61. The van der Waals surface area contributed by atoms with Crippen molar-refractivity contribution in [3.63, 3.8) is 0 Å². The summed E-state index contributed by atoms with van der Waals surface area (Å²) in [5, 5.41) is 2.84. The Bertz CT molecular complexity index is 703. The van der Waals surface area contributed by atoms with Crippen molar-refractivity contribution in [1.82, 2.24) is 0 Å². The smallest absolute Gasteiger partial charge is 0.224 e. The minimum absolute atomic E-state index is 0.0297. The number of carbonyl (C=O) groups excluding carboxylic acids is 1. The van der Waals surface area contributed by atoms with Crippen molar-refractivity contribution in [3.8, 4) is 5.75 Å². The van der Waals surface area contributed by atoms with Crippen molar-refractivity contribution in [2.75, 3.05) is 5.32 Å². The second-order valence-corrected chi connectivity index (χ2v) is 5.76. The van der Waals surface area contributed by atoms with Crippen molar-refractivity contribution in [2.24, 2.45) is 0 Å². The highest BCUT2D eigenvalue weighted by Gasteiger charge is 2.15. The van der Waals surface area contributed by atoms with E-state index in [1.54, 1.807) is 12.1 Å². The highest BCUT2D eigenvalue weighted by molar-refractivity contribution is 9.10. The second kappa shape index (κ2) is 5.85. The molecule has 3 nitrogen and oxygen atoms in total. The van der Waals surface area contributed by atoms with Crippen LogP contribution in [-0.4, -0.2) is 5.91 Å². The fourth-order valence-electron chi connectivity index (χ4n) is 2.24. The lowest BCUT2D eigenvalue weighted by Gasteiger charge is -2.17. The molecular weight excluding hydrogens is 337 g/mol. The van der Waals surface area contributed by atoms with E-state index in [0.717, 1.165) is 23.2 Å². The SMILES string of the molecule is O=C1CCc2ccc(OCc3ccc(F)c(Br)c3)cc2N1. The highest BCUT2D eigenvalue weighted by Crippen LogP contribution is 2.27. The Hall–Kier alpha value is -1.88. The number of carbonyl (C=O) groups is 1. The number of halogens is 2. The lowest BCUT2D eigenvalue weighted by atomic mass is 10.0. The Morgan fingerprint density at radius 1 is 1.19 bits per heavy atom. The Balaban J connectivity index is 1.72. The summed E-state index contributed by atoms with van der Waals surface area (Å²) >= 11 is 3.15. The van der Waals surface area contributed by atoms with Gasteiger partial charge in [0.25, 0.3) is 0 Å². The number of fused-ring (bicyclic) bond motifs is 1. The van der Waals surface area contributed by atoms with Gasteiger partial charge in [-0.25, -0.2) is 4.39 Å². The van der Waals surface area contributed by atoms with Crippen LogP contribution >= 0.6 is 15.9 Å². The van der Waals surface area contributed by atoms with E-state index < -0.39 is 0 Å². The summed E-state index contributed by atoms with van der Waals surface area (Å²) < 4.78 is 19.3. The standard InChI is InChI=1S/C16H13BrFNO2/c17-13-7-10(1-5-14(13)18)9-21-12-4-2-11-3-6-16(20)19-15(11)8-12/h1-2,4-5,7-8H,3,6,9H2,(H,19,20). The lowest BCUT2D eigenvalue weighted by Crippen LogP contribution is -2.18. The van der Waals surface area contributed by atoms with Gasteiger partial charge in [0.15, 0.2) is 0 Å². The average Bonchev–Trinajstić information content (AvgIpc) is 2.48. The minimum atomic E-state index is -0.296. The number of hydrogen-bond donors (Lipinski definition) is 1. The van der Waals surface area contributed by atoms with Gasteiger partial charge in [0.2, 0.25) is 5.91 Å². The summed E-state index contributed by atoms with van der Waals surface area (Å²) in [7, 11) is 0. The molecule has 1 amide bonds. The van der Waals surface area contributed by atoms with Crippen LogP contribution in [0.1, 0.15) is 17.5 Å². The zero-order valence-electron chi connectivity index (χ0n) is 11.2. The normalized spacial score (nSPS) is 13.5. The van der Waals surface area contributed by atoms with Crippen molar-refractivity contribution in [1.29, 1.82) is 0 Å². The first kappa shape index (κ1) is 14.1. The molecular formula is C16H13BrFNO2. The van der Waals surface area contributed by atoms with Crippen LogP contribution in [-0.2, 0) is 17.8 Å². The van der Waals surface area contributed by atoms with Crippen molar-refractivity contribution < 1.29 is 13.9 Å². The molecule has 0 saturated heterocycles. The van der Waals surface area contributed by atoms with Gasteiger partial charge in [0.1, 0.15) is 18.2 Å². The predicted molar refractivity (Wildman–Crippen MR) is 81.8 cm³/mol. The van der Waals surface area contributed by atoms with Crippen LogP contribution in [0.5, 0.6) is 5.75 Å². The molecule has 108 valence electrons. The Morgan fingerprint density at radius 2 is 2.05 bits per heavy atom. The van der Waals surface area contributed by atoms with Gasteiger partial charge in [0.05, 0.1) is 4.47 Å². The zero-order valence-corrected chi connectivity index (χ0v) is 12.7. The molecule has 0 aromatic heterocycles. The van der Waals surface area contributed by atoms with Gasteiger partial charge < -0.3 is 10.1 Å². The quantitative estimate of drug-likeness (QED) is 0.907. The van der Waals surface area contributed by atoms with Crippen LogP contribution in [0.4, 0.5) is 10.1 Å². The fourth-order valence-corrected chi connectivity index (χ4v) is 2.66. The van der Waals surface area contributed by atoms with Crippen molar-refractivity contribution in [3.05, 3.63) is 57.8 Å². The predicted octanol–water partition coefficient (Wildman–Crippen LogP) is 4.05. The molecule has 0 saturated carbocycles. The molecule has 0 bridgehead atoms. The van der Waals surface area contributed by atoms with Gasteiger partial charge in [0, 0.05) is 18.2 Å². The van der Waals surface area contributed by atoms with Crippen molar-refractivity contribution in [2.45, 2.75) is 19.4 Å². The van der Waals surface area contributed by atoms with Gasteiger partial charge in [-0.1, -0.05) is 12.1 Å².